The number of rotatable bonds is 6. The Labute approximate surface area is 184 Å². The maximum absolute atomic E-state index is 12.0. The average molecular weight is 432 g/mol. The Balaban J connectivity index is 1.37. The Hall–Kier alpha value is -3.78. The molecule has 3 aromatic heterocycles. The van der Waals surface area contributed by atoms with Gasteiger partial charge in [-0.3, -0.25) is 4.79 Å². The van der Waals surface area contributed by atoms with Gasteiger partial charge in [0.1, 0.15) is 5.75 Å². The van der Waals surface area contributed by atoms with E-state index in [1.165, 1.54) is 6.08 Å². The number of aromatic nitrogens is 4. The highest BCUT2D eigenvalue weighted by Crippen LogP contribution is 2.22. The van der Waals surface area contributed by atoms with E-state index in [0.717, 1.165) is 21.8 Å². The number of carbonyl (C=O) groups is 1. The molecule has 4 rings (SSSR count). The molecule has 0 saturated heterocycles. The molecule has 156 valence electrons. The van der Waals surface area contributed by atoms with Gasteiger partial charge in [0.2, 0.25) is 11.8 Å². The van der Waals surface area contributed by atoms with Crippen LogP contribution in [0.25, 0.3) is 11.9 Å². The van der Waals surface area contributed by atoms with Gasteiger partial charge in [0.25, 0.3) is 0 Å². The SMILES string of the molecule is Cc1nn(-c2ccc(Oc3ccc(NC(=O)/C=C/c4cccs4)cc3)nn2)c(C)c1C. The van der Waals surface area contributed by atoms with Crippen molar-refractivity contribution in [2.75, 3.05) is 5.32 Å². The van der Waals surface area contributed by atoms with E-state index in [2.05, 4.69) is 20.6 Å². The lowest BCUT2D eigenvalue weighted by Gasteiger charge is -2.07. The van der Waals surface area contributed by atoms with Crippen LogP contribution in [0.15, 0.2) is 60.0 Å². The van der Waals surface area contributed by atoms with Crippen molar-refractivity contribution in [3.8, 4) is 17.4 Å². The van der Waals surface area contributed by atoms with Gasteiger partial charge in [-0.05, 0) is 74.2 Å². The van der Waals surface area contributed by atoms with Crippen molar-refractivity contribution in [1.29, 1.82) is 0 Å². The van der Waals surface area contributed by atoms with Crippen LogP contribution in [0.3, 0.4) is 0 Å². The van der Waals surface area contributed by atoms with Gasteiger partial charge in [-0.25, -0.2) is 4.68 Å². The molecule has 4 aromatic rings. The number of nitrogens with one attached hydrogen (secondary N) is 1. The lowest BCUT2D eigenvalue weighted by atomic mass is 10.2. The number of carbonyl (C=O) groups excluding carboxylic acids is 1. The van der Waals surface area contributed by atoms with Crippen LogP contribution in [0, 0.1) is 20.8 Å². The van der Waals surface area contributed by atoms with Gasteiger partial charge in [0.15, 0.2) is 5.82 Å². The van der Waals surface area contributed by atoms with Crippen LogP contribution in [-0.4, -0.2) is 25.9 Å². The van der Waals surface area contributed by atoms with Crippen molar-refractivity contribution in [1.82, 2.24) is 20.0 Å². The molecule has 0 unspecified atom stereocenters. The van der Waals surface area contributed by atoms with Crippen molar-refractivity contribution in [2.45, 2.75) is 20.8 Å². The first-order chi connectivity index (χ1) is 15.0. The summed E-state index contributed by atoms with van der Waals surface area (Å²) in [6.07, 6.45) is 3.30. The number of ether oxygens (including phenoxy) is 1. The van der Waals surface area contributed by atoms with Crippen LogP contribution in [0.1, 0.15) is 21.8 Å². The molecule has 0 bridgehead atoms. The largest absolute Gasteiger partial charge is 0.438 e. The highest BCUT2D eigenvalue weighted by molar-refractivity contribution is 7.10. The third-order valence-corrected chi connectivity index (χ3v) is 5.62. The molecular weight excluding hydrogens is 410 g/mol. The number of thiophene rings is 1. The van der Waals surface area contributed by atoms with Crippen LogP contribution >= 0.6 is 11.3 Å². The Morgan fingerprint density at radius 1 is 1.06 bits per heavy atom. The Morgan fingerprint density at radius 3 is 2.48 bits per heavy atom. The molecule has 0 aliphatic heterocycles. The first kappa shape index (κ1) is 20.5. The predicted octanol–water partition coefficient (Wildman–Crippen LogP) is 5.09. The van der Waals surface area contributed by atoms with Gasteiger partial charge >= 0.3 is 0 Å². The Morgan fingerprint density at radius 2 is 1.87 bits per heavy atom. The third kappa shape index (κ3) is 4.87. The number of amides is 1. The highest BCUT2D eigenvalue weighted by atomic mass is 32.1. The van der Waals surface area contributed by atoms with Gasteiger partial charge in [-0.15, -0.1) is 21.5 Å². The molecule has 3 heterocycles. The second-order valence-electron chi connectivity index (χ2n) is 6.90. The Bertz CT molecular complexity index is 1210. The van der Waals surface area contributed by atoms with Crippen LogP contribution in [0.2, 0.25) is 0 Å². The maximum Gasteiger partial charge on any atom is 0.248 e. The summed E-state index contributed by atoms with van der Waals surface area (Å²) in [6, 6.07) is 14.5. The smallest absolute Gasteiger partial charge is 0.248 e. The molecule has 0 atom stereocenters. The predicted molar refractivity (Wildman–Crippen MR) is 122 cm³/mol. The fraction of sp³-hybridized carbons (Fsp3) is 0.130. The minimum atomic E-state index is -0.192. The standard InChI is InChI=1S/C23H21N5O2S/c1-15-16(2)27-28(17(15)3)21-11-13-23(26-25-21)30-19-8-6-18(7-9-19)24-22(29)12-10-20-5-4-14-31-20/h4-14H,1-3H3,(H,24,29)/b12-10+. The van der Waals surface area contributed by atoms with E-state index in [0.29, 0.717) is 23.1 Å². The van der Waals surface area contributed by atoms with E-state index in [4.69, 9.17) is 4.74 Å². The molecule has 0 saturated carbocycles. The topological polar surface area (TPSA) is 81.9 Å². The molecule has 1 N–H and O–H groups in total. The quantitative estimate of drug-likeness (QED) is 0.430. The molecule has 0 spiro atoms. The van der Waals surface area contributed by atoms with Gasteiger partial charge in [-0.1, -0.05) is 6.07 Å². The third-order valence-electron chi connectivity index (χ3n) is 4.78. The second kappa shape index (κ2) is 8.93. The summed E-state index contributed by atoms with van der Waals surface area (Å²) in [4.78, 5) is 13.1. The molecule has 0 aliphatic rings. The van der Waals surface area contributed by atoms with Gasteiger partial charge in [0, 0.05) is 28.4 Å². The summed E-state index contributed by atoms with van der Waals surface area (Å²) in [5, 5.41) is 17.6. The zero-order chi connectivity index (χ0) is 21.8. The van der Waals surface area contributed by atoms with E-state index in [1.54, 1.807) is 52.4 Å². The Kier molecular flexibility index (Phi) is 5.90. The van der Waals surface area contributed by atoms with Crippen molar-refractivity contribution in [2.24, 2.45) is 0 Å². The summed E-state index contributed by atoms with van der Waals surface area (Å²) in [7, 11) is 0. The summed E-state index contributed by atoms with van der Waals surface area (Å²) in [5.74, 6) is 1.41. The molecular formula is C23H21N5O2S. The summed E-state index contributed by atoms with van der Waals surface area (Å²) in [6.45, 7) is 6.00. The molecule has 1 amide bonds. The summed E-state index contributed by atoms with van der Waals surface area (Å²) < 4.78 is 7.53. The van der Waals surface area contributed by atoms with E-state index < -0.39 is 0 Å². The molecule has 1 aromatic carbocycles. The highest BCUT2D eigenvalue weighted by Gasteiger charge is 2.11. The average Bonchev–Trinajstić information content (AvgIpc) is 3.39. The number of aryl methyl sites for hydroxylation is 1. The zero-order valence-electron chi connectivity index (χ0n) is 17.4. The molecule has 0 aliphatic carbocycles. The molecule has 31 heavy (non-hydrogen) atoms. The number of anilines is 1. The van der Waals surface area contributed by atoms with E-state index >= 15 is 0 Å². The summed E-state index contributed by atoms with van der Waals surface area (Å²) in [5.41, 5.74) is 3.81. The fourth-order valence-corrected chi connectivity index (χ4v) is 3.50. The molecule has 8 heteroatoms. The zero-order valence-corrected chi connectivity index (χ0v) is 18.2. The lowest BCUT2D eigenvalue weighted by molar-refractivity contribution is -0.111. The van der Waals surface area contributed by atoms with Crippen molar-refractivity contribution >= 4 is 29.0 Å². The number of benzene rings is 1. The van der Waals surface area contributed by atoms with E-state index in [1.807, 2.05) is 44.4 Å². The van der Waals surface area contributed by atoms with E-state index in [-0.39, 0.29) is 5.91 Å². The van der Waals surface area contributed by atoms with Crippen LogP contribution in [-0.2, 0) is 4.79 Å². The summed E-state index contributed by atoms with van der Waals surface area (Å²) >= 11 is 1.58. The lowest BCUT2D eigenvalue weighted by Crippen LogP contribution is -2.07. The second-order valence-corrected chi connectivity index (χ2v) is 7.88. The minimum absolute atomic E-state index is 0.192. The van der Waals surface area contributed by atoms with Crippen LogP contribution in [0.4, 0.5) is 5.69 Å². The normalized spacial score (nSPS) is 11.1. The first-order valence-corrected chi connectivity index (χ1v) is 10.5. The minimum Gasteiger partial charge on any atom is -0.438 e. The van der Waals surface area contributed by atoms with Crippen molar-refractivity contribution in [3.05, 3.63) is 81.8 Å². The monoisotopic (exact) mass is 431 g/mol. The van der Waals surface area contributed by atoms with Crippen molar-refractivity contribution in [3.63, 3.8) is 0 Å². The van der Waals surface area contributed by atoms with Gasteiger partial charge < -0.3 is 10.1 Å². The van der Waals surface area contributed by atoms with Gasteiger partial charge in [-0.2, -0.15) is 5.10 Å². The first-order valence-electron chi connectivity index (χ1n) is 9.67. The van der Waals surface area contributed by atoms with Gasteiger partial charge in [0.05, 0.1) is 5.69 Å². The number of hydrogen-bond acceptors (Lipinski definition) is 6. The maximum atomic E-state index is 12.0. The van der Waals surface area contributed by atoms with Crippen molar-refractivity contribution < 1.29 is 9.53 Å². The number of hydrogen-bond donors (Lipinski definition) is 1. The molecule has 7 nitrogen and oxygen atoms in total. The van der Waals surface area contributed by atoms with Crippen LogP contribution in [0.5, 0.6) is 11.6 Å². The number of nitrogens with zero attached hydrogens (tertiary/aromatic N) is 4. The molecule has 0 fully saturated rings. The van der Waals surface area contributed by atoms with Crippen LogP contribution < -0.4 is 10.1 Å². The fourth-order valence-electron chi connectivity index (χ4n) is 2.88. The molecule has 0 radical (unpaired) electrons. The van der Waals surface area contributed by atoms with E-state index in [9.17, 15) is 4.79 Å².